The van der Waals surface area contributed by atoms with Gasteiger partial charge in [-0.2, -0.15) is 0 Å². The van der Waals surface area contributed by atoms with E-state index < -0.39 is 11.6 Å². The molecule has 6 heteroatoms. The molecule has 210 valence electrons. The normalized spacial score (nSPS) is 27.1. The maximum Gasteiger partial charge on any atom is 0.335 e. The number of amides is 1. The monoisotopic (exact) mass is 523 g/mol. The Morgan fingerprint density at radius 3 is 2.16 bits per heavy atom. The quantitative estimate of drug-likeness (QED) is 0.408. The molecule has 1 spiro atoms. The average molecular weight is 524 g/mol. The summed E-state index contributed by atoms with van der Waals surface area (Å²) >= 11 is 0. The highest BCUT2D eigenvalue weighted by atomic mass is 16.4. The molecule has 1 unspecified atom stereocenters. The molecule has 0 bridgehead atoms. The molecule has 2 aliphatic carbocycles. The van der Waals surface area contributed by atoms with Gasteiger partial charge in [-0.05, 0) is 85.8 Å². The van der Waals surface area contributed by atoms with E-state index in [4.69, 9.17) is 4.99 Å². The average Bonchev–Trinajstić information content (AvgIpc) is 3.10. The second-order valence-electron chi connectivity index (χ2n) is 14.3. The largest absolute Gasteiger partial charge is 0.478 e. The highest BCUT2D eigenvalue weighted by Crippen LogP contribution is 2.48. The third-order valence-electron chi connectivity index (χ3n) is 9.18. The lowest BCUT2D eigenvalue weighted by Crippen LogP contribution is -2.56. The van der Waals surface area contributed by atoms with Gasteiger partial charge in [0.15, 0.2) is 5.84 Å². The zero-order valence-corrected chi connectivity index (χ0v) is 24.5. The smallest absolute Gasteiger partial charge is 0.335 e. The van der Waals surface area contributed by atoms with Crippen molar-refractivity contribution in [2.75, 3.05) is 0 Å². The summed E-state index contributed by atoms with van der Waals surface area (Å²) in [7, 11) is 0. The maximum absolute atomic E-state index is 14.3. The van der Waals surface area contributed by atoms with Gasteiger partial charge in [0.05, 0.1) is 17.6 Å². The van der Waals surface area contributed by atoms with Crippen LogP contribution in [0, 0.1) is 16.7 Å². The lowest BCUT2D eigenvalue weighted by atomic mass is 9.69. The van der Waals surface area contributed by atoms with Crippen molar-refractivity contribution in [3.05, 3.63) is 35.4 Å². The number of amidine groups is 1. The molecule has 38 heavy (non-hydrogen) atoms. The molecule has 1 aromatic rings. The molecule has 3 fully saturated rings. The second kappa shape index (κ2) is 11.0. The fourth-order valence-corrected chi connectivity index (χ4v) is 6.75. The van der Waals surface area contributed by atoms with Crippen molar-refractivity contribution in [2.45, 2.75) is 130 Å². The summed E-state index contributed by atoms with van der Waals surface area (Å²) in [6.07, 6.45) is 11.5. The Morgan fingerprint density at radius 2 is 1.63 bits per heavy atom. The molecule has 1 atom stereocenters. The number of benzene rings is 1. The Morgan fingerprint density at radius 1 is 1.03 bits per heavy atom. The molecule has 1 aliphatic heterocycles. The van der Waals surface area contributed by atoms with Crippen LogP contribution in [0.4, 0.5) is 0 Å². The highest BCUT2D eigenvalue weighted by Gasteiger charge is 2.54. The van der Waals surface area contributed by atoms with Crippen molar-refractivity contribution >= 4 is 17.7 Å². The van der Waals surface area contributed by atoms with E-state index >= 15 is 0 Å². The van der Waals surface area contributed by atoms with Crippen LogP contribution in [-0.2, 0) is 4.79 Å². The summed E-state index contributed by atoms with van der Waals surface area (Å²) < 4.78 is 0. The summed E-state index contributed by atoms with van der Waals surface area (Å²) in [6, 6.07) is 7.26. The summed E-state index contributed by atoms with van der Waals surface area (Å²) in [6.45, 7) is 13.7. The van der Waals surface area contributed by atoms with Gasteiger partial charge < -0.3 is 15.3 Å². The van der Waals surface area contributed by atoms with Crippen LogP contribution in [-0.4, -0.2) is 39.4 Å². The Labute approximate surface area is 229 Å². The van der Waals surface area contributed by atoms with E-state index in [1.54, 1.807) is 12.1 Å². The number of carbonyl (C=O) groups is 2. The highest BCUT2D eigenvalue weighted by molar-refractivity contribution is 6.40. The third-order valence-corrected chi connectivity index (χ3v) is 9.18. The minimum Gasteiger partial charge on any atom is -0.478 e. The number of hydrogen-bond donors (Lipinski definition) is 2. The van der Waals surface area contributed by atoms with Crippen LogP contribution in [0.15, 0.2) is 29.3 Å². The molecule has 1 aromatic carbocycles. The van der Waals surface area contributed by atoms with Gasteiger partial charge in [-0.25, -0.2) is 4.79 Å². The molecule has 2 N–H and O–H groups in total. The van der Waals surface area contributed by atoms with Gasteiger partial charge in [0.25, 0.3) is 5.91 Å². The second-order valence-corrected chi connectivity index (χ2v) is 14.3. The van der Waals surface area contributed by atoms with Crippen LogP contribution in [0.3, 0.4) is 0 Å². The van der Waals surface area contributed by atoms with Gasteiger partial charge in [-0.15, -0.1) is 0 Å². The van der Waals surface area contributed by atoms with Gasteiger partial charge in [-0.1, -0.05) is 72.9 Å². The lowest BCUT2D eigenvalue weighted by molar-refractivity contribution is -0.133. The van der Waals surface area contributed by atoms with Crippen molar-refractivity contribution in [2.24, 2.45) is 21.7 Å². The van der Waals surface area contributed by atoms with Gasteiger partial charge in [0, 0.05) is 0 Å². The van der Waals surface area contributed by atoms with E-state index in [0.29, 0.717) is 11.8 Å². The molecule has 3 aliphatic rings. The fraction of sp³-hybridized carbons (Fsp3) is 0.719. The predicted octanol–water partition coefficient (Wildman–Crippen LogP) is 7.35. The number of carboxylic acids is 1. The number of aromatic carboxylic acids is 1. The van der Waals surface area contributed by atoms with E-state index in [9.17, 15) is 14.7 Å². The number of rotatable bonds is 6. The summed E-state index contributed by atoms with van der Waals surface area (Å²) in [5.41, 5.74) is 1.19. The van der Waals surface area contributed by atoms with E-state index in [-0.39, 0.29) is 34.4 Å². The summed E-state index contributed by atoms with van der Waals surface area (Å²) in [4.78, 5) is 33.0. The molecule has 2 saturated carbocycles. The number of aliphatic imine (C=N–C) groups is 1. The Bertz CT molecular complexity index is 1020. The Kier molecular flexibility index (Phi) is 8.30. The summed E-state index contributed by atoms with van der Waals surface area (Å²) in [5, 5.41) is 13.2. The minimum atomic E-state index is -0.930. The van der Waals surface area contributed by atoms with Gasteiger partial charge in [0.2, 0.25) is 0 Å². The first-order chi connectivity index (χ1) is 17.8. The first-order valence-electron chi connectivity index (χ1n) is 14.8. The van der Waals surface area contributed by atoms with E-state index in [1.165, 1.54) is 19.3 Å². The number of carboxylic acid groups (broad SMARTS) is 1. The van der Waals surface area contributed by atoms with Crippen LogP contribution < -0.4 is 5.32 Å². The molecule has 1 saturated heterocycles. The number of nitrogens with zero attached hydrogens (tertiary/aromatic N) is 2. The van der Waals surface area contributed by atoms with Gasteiger partial charge >= 0.3 is 5.97 Å². The predicted molar refractivity (Wildman–Crippen MR) is 153 cm³/mol. The topological polar surface area (TPSA) is 82.0 Å². The van der Waals surface area contributed by atoms with Gasteiger partial charge in [-0.3, -0.25) is 9.79 Å². The zero-order valence-electron chi connectivity index (χ0n) is 24.5. The fourth-order valence-electron chi connectivity index (χ4n) is 6.75. The molecule has 4 rings (SSSR count). The maximum atomic E-state index is 14.3. The Balaban J connectivity index is 1.73. The molecular formula is C32H49N3O3. The van der Waals surface area contributed by atoms with Crippen molar-refractivity contribution in [1.29, 1.82) is 0 Å². The molecule has 1 heterocycles. The minimum absolute atomic E-state index is 0.0194. The van der Waals surface area contributed by atoms with Crippen molar-refractivity contribution in [1.82, 2.24) is 10.2 Å². The summed E-state index contributed by atoms with van der Waals surface area (Å²) in [5.74, 6) is 0.259. The number of carbonyl (C=O) groups excluding carboxylic acids is 1. The standard InChI is InChI=1S/C32H49N3O3/c1-30(2,3)19-18-26(22-12-14-23(15-13-22)29(37)38)35-28(36)27(33-25-10-8-7-9-11-25)34-32(35)20-16-24(17-21-32)31(4,5)6/h12-15,24-26H,7-11,16-21H2,1-6H3,(H,33,34)(H,37,38). The van der Waals surface area contributed by atoms with E-state index in [2.05, 4.69) is 51.8 Å². The zero-order chi connectivity index (χ0) is 27.7. The third kappa shape index (κ3) is 6.43. The van der Waals surface area contributed by atoms with E-state index in [0.717, 1.165) is 56.9 Å². The number of hydrogen-bond acceptors (Lipinski definition) is 3. The first kappa shape index (κ1) is 28.6. The van der Waals surface area contributed by atoms with Crippen LogP contribution in [0.5, 0.6) is 0 Å². The SMILES string of the molecule is CC(C)(C)CCC(c1ccc(C(=O)O)cc1)N1C(=O)C(=NC2CCCCC2)NC12CCC(C(C)(C)C)CC2. The van der Waals surface area contributed by atoms with E-state index in [1.807, 2.05) is 12.1 Å². The first-order valence-corrected chi connectivity index (χ1v) is 14.8. The molecular weight excluding hydrogens is 474 g/mol. The van der Waals surface area contributed by atoms with Crippen LogP contribution in [0.1, 0.15) is 134 Å². The molecule has 0 aromatic heterocycles. The molecule has 1 amide bonds. The Hall–Kier alpha value is -2.37. The van der Waals surface area contributed by atoms with Crippen molar-refractivity contribution < 1.29 is 14.7 Å². The van der Waals surface area contributed by atoms with Crippen LogP contribution in [0.2, 0.25) is 0 Å². The van der Waals surface area contributed by atoms with Crippen molar-refractivity contribution in [3.8, 4) is 0 Å². The van der Waals surface area contributed by atoms with Crippen LogP contribution in [0.25, 0.3) is 0 Å². The van der Waals surface area contributed by atoms with Crippen LogP contribution >= 0.6 is 0 Å². The number of nitrogens with one attached hydrogen (secondary N) is 1. The molecule has 0 radical (unpaired) electrons. The van der Waals surface area contributed by atoms with Crippen molar-refractivity contribution in [3.63, 3.8) is 0 Å². The lowest BCUT2D eigenvalue weighted by Gasteiger charge is -2.48. The molecule has 6 nitrogen and oxygen atoms in total. The van der Waals surface area contributed by atoms with Gasteiger partial charge in [0.1, 0.15) is 5.66 Å².